The van der Waals surface area contributed by atoms with Crippen LogP contribution in [0.4, 0.5) is 5.69 Å². The normalized spacial score (nSPS) is 12.3. The Kier molecular flexibility index (Phi) is 7.32. The Bertz CT molecular complexity index is 930. The Morgan fingerprint density at radius 2 is 1.82 bits per heavy atom. The Hall–Kier alpha value is -2.25. The monoisotopic (exact) mass is 424 g/mol. The van der Waals surface area contributed by atoms with Crippen LogP contribution in [0.1, 0.15) is 18.1 Å². The molecular formula is C20H25ClN2O4S. The summed E-state index contributed by atoms with van der Waals surface area (Å²) in [4.78, 5) is 12.4. The van der Waals surface area contributed by atoms with Gasteiger partial charge in [-0.15, -0.1) is 0 Å². The van der Waals surface area contributed by atoms with Crippen LogP contribution in [0.3, 0.4) is 0 Å². The molecule has 0 aliphatic rings. The van der Waals surface area contributed by atoms with E-state index in [1.807, 2.05) is 38.1 Å². The molecule has 28 heavy (non-hydrogen) atoms. The second-order valence-electron chi connectivity index (χ2n) is 6.80. The van der Waals surface area contributed by atoms with Crippen LogP contribution in [0.25, 0.3) is 0 Å². The fraction of sp³-hybridized carbons (Fsp3) is 0.350. The number of anilines is 1. The first-order valence-corrected chi connectivity index (χ1v) is 11.0. The molecule has 6 nitrogen and oxygen atoms in total. The zero-order chi connectivity index (χ0) is 20.9. The summed E-state index contributed by atoms with van der Waals surface area (Å²) < 4.78 is 31.0. The molecule has 0 radical (unpaired) electrons. The van der Waals surface area contributed by atoms with Crippen molar-refractivity contribution in [2.24, 2.45) is 0 Å². The number of ether oxygens (including phenoxy) is 1. The topological polar surface area (TPSA) is 75.7 Å². The zero-order valence-corrected chi connectivity index (χ0v) is 18.0. The predicted molar refractivity (Wildman–Crippen MR) is 113 cm³/mol. The highest BCUT2D eigenvalue weighted by Gasteiger charge is 2.22. The lowest BCUT2D eigenvalue weighted by atomic mass is 10.2. The Morgan fingerprint density at radius 1 is 1.18 bits per heavy atom. The number of nitrogens with one attached hydrogen (secondary N) is 1. The van der Waals surface area contributed by atoms with Crippen molar-refractivity contribution in [2.75, 3.05) is 23.7 Å². The third kappa shape index (κ3) is 6.42. The van der Waals surface area contributed by atoms with Gasteiger partial charge in [0, 0.05) is 5.02 Å². The van der Waals surface area contributed by atoms with Crippen LogP contribution >= 0.6 is 11.6 Å². The van der Waals surface area contributed by atoms with Gasteiger partial charge in [0.2, 0.25) is 15.9 Å². The summed E-state index contributed by atoms with van der Waals surface area (Å²) in [6.07, 6.45) is 1.05. The van der Waals surface area contributed by atoms with Gasteiger partial charge in [0.15, 0.2) is 0 Å². The van der Waals surface area contributed by atoms with Crippen molar-refractivity contribution in [3.63, 3.8) is 0 Å². The van der Waals surface area contributed by atoms with Crippen molar-refractivity contribution in [2.45, 2.75) is 26.8 Å². The van der Waals surface area contributed by atoms with Crippen LogP contribution in [0, 0.1) is 13.8 Å². The summed E-state index contributed by atoms with van der Waals surface area (Å²) in [5, 5.41) is 3.19. The molecule has 0 aliphatic carbocycles. The van der Waals surface area contributed by atoms with Crippen molar-refractivity contribution >= 4 is 33.2 Å². The molecule has 0 heterocycles. The number of hydrogen-bond donors (Lipinski definition) is 1. The number of rotatable bonds is 8. The zero-order valence-electron chi connectivity index (χ0n) is 16.4. The number of hydrogen-bond acceptors (Lipinski definition) is 4. The molecule has 2 aromatic rings. The number of halogens is 1. The molecule has 0 spiro atoms. The maximum Gasteiger partial charge on any atom is 0.241 e. The van der Waals surface area contributed by atoms with Gasteiger partial charge in [0.25, 0.3) is 0 Å². The molecule has 0 bridgehead atoms. The van der Waals surface area contributed by atoms with Crippen LogP contribution in [0.2, 0.25) is 5.02 Å². The molecule has 2 aromatic carbocycles. The van der Waals surface area contributed by atoms with E-state index in [2.05, 4.69) is 5.32 Å². The summed E-state index contributed by atoms with van der Waals surface area (Å²) in [5.41, 5.74) is 2.30. The maximum atomic E-state index is 12.4. The summed E-state index contributed by atoms with van der Waals surface area (Å²) in [6, 6.07) is 12.2. The fourth-order valence-corrected chi connectivity index (χ4v) is 3.51. The van der Waals surface area contributed by atoms with Crippen molar-refractivity contribution in [1.82, 2.24) is 5.32 Å². The van der Waals surface area contributed by atoms with E-state index >= 15 is 0 Å². The molecule has 2 rings (SSSR count). The van der Waals surface area contributed by atoms with Crippen LogP contribution < -0.4 is 14.4 Å². The predicted octanol–water partition coefficient (Wildman–Crippen LogP) is 3.31. The lowest BCUT2D eigenvalue weighted by molar-refractivity contribution is -0.120. The molecule has 152 valence electrons. The van der Waals surface area contributed by atoms with Crippen molar-refractivity contribution in [3.8, 4) is 5.75 Å². The van der Waals surface area contributed by atoms with Gasteiger partial charge in [-0.05, 0) is 50.6 Å². The minimum Gasteiger partial charge on any atom is -0.491 e. The van der Waals surface area contributed by atoms with Crippen molar-refractivity contribution in [3.05, 3.63) is 58.6 Å². The summed E-state index contributed by atoms with van der Waals surface area (Å²) in [7, 11) is -3.66. The number of nitrogens with zero attached hydrogens (tertiary/aromatic N) is 1. The quantitative estimate of drug-likeness (QED) is 0.705. The Morgan fingerprint density at radius 3 is 2.39 bits per heavy atom. The standard InChI is InChI=1S/C20H25ClN2O4S/c1-14-5-9-18(10-6-14)27-13-16(3)22-20(24)12-23(28(4,25)26)17-8-7-15(2)19(21)11-17/h5-11,16H,12-13H2,1-4H3,(H,22,24)/t16-/m1/s1. The summed E-state index contributed by atoms with van der Waals surface area (Å²) >= 11 is 6.10. The number of aryl methyl sites for hydroxylation is 2. The van der Waals surface area contributed by atoms with Crippen LogP contribution in [-0.2, 0) is 14.8 Å². The highest BCUT2D eigenvalue weighted by Crippen LogP contribution is 2.24. The van der Waals surface area contributed by atoms with Crippen LogP contribution in [0.5, 0.6) is 5.75 Å². The summed E-state index contributed by atoms with van der Waals surface area (Å²) in [5.74, 6) is 0.279. The largest absolute Gasteiger partial charge is 0.491 e. The molecule has 0 aliphatic heterocycles. The van der Waals surface area contributed by atoms with Gasteiger partial charge < -0.3 is 10.1 Å². The molecule has 0 unspecified atom stereocenters. The third-order valence-corrected chi connectivity index (χ3v) is 5.61. The summed E-state index contributed by atoms with van der Waals surface area (Å²) in [6.45, 7) is 5.53. The van der Waals surface area contributed by atoms with Gasteiger partial charge in [-0.2, -0.15) is 0 Å². The molecular weight excluding hydrogens is 400 g/mol. The number of benzene rings is 2. The molecule has 8 heteroatoms. The third-order valence-electron chi connectivity index (χ3n) is 4.06. The minimum atomic E-state index is -3.66. The van der Waals surface area contributed by atoms with E-state index in [4.69, 9.17) is 16.3 Å². The van der Waals surface area contributed by atoms with E-state index in [9.17, 15) is 13.2 Å². The molecule has 0 aromatic heterocycles. The number of carbonyl (C=O) groups is 1. The first-order valence-electron chi connectivity index (χ1n) is 8.79. The van der Waals surface area contributed by atoms with E-state index in [1.54, 1.807) is 19.1 Å². The number of sulfonamides is 1. The highest BCUT2D eigenvalue weighted by atomic mass is 35.5. The van der Waals surface area contributed by atoms with Crippen molar-refractivity contribution in [1.29, 1.82) is 0 Å². The van der Waals surface area contributed by atoms with Crippen molar-refractivity contribution < 1.29 is 17.9 Å². The smallest absolute Gasteiger partial charge is 0.241 e. The lowest BCUT2D eigenvalue weighted by Crippen LogP contribution is -2.44. The molecule has 0 fully saturated rings. The van der Waals surface area contributed by atoms with E-state index in [0.29, 0.717) is 16.5 Å². The second-order valence-corrected chi connectivity index (χ2v) is 9.11. The molecule has 0 saturated heterocycles. The van der Waals surface area contributed by atoms with Gasteiger partial charge in [-0.1, -0.05) is 35.4 Å². The van der Waals surface area contributed by atoms with Gasteiger partial charge in [0.05, 0.1) is 18.0 Å². The maximum absolute atomic E-state index is 12.4. The first-order chi connectivity index (χ1) is 13.1. The molecule has 0 saturated carbocycles. The Labute approximate surface area is 171 Å². The minimum absolute atomic E-state index is 0.268. The number of carbonyl (C=O) groups excluding carboxylic acids is 1. The van der Waals surface area contributed by atoms with E-state index in [-0.39, 0.29) is 19.2 Å². The van der Waals surface area contributed by atoms with Gasteiger partial charge in [-0.3, -0.25) is 9.10 Å². The lowest BCUT2D eigenvalue weighted by Gasteiger charge is -2.23. The molecule has 1 N–H and O–H groups in total. The van der Waals surface area contributed by atoms with Crippen LogP contribution in [-0.4, -0.2) is 39.8 Å². The van der Waals surface area contributed by atoms with Gasteiger partial charge in [0.1, 0.15) is 18.9 Å². The SMILES string of the molecule is Cc1ccc(OC[C@@H](C)NC(=O)CN(c2ccc(C)c(Cl)c2)S(C)(=O)=O)cc1. The fourth-order valence-electron chi connectivity index (χ4n) is 2.49. The van der Waals surface area contributed by atoms with Crippen LogP contribution in [0.15, 0.2) is 42.5 Å². The van der Waals surface area contributed by atoms with E-state index in [0.717, 1.165) is 21.7 Å². The average molecular weight is 425 g/mol. The second kappa shape index (κ2) is 9.30. The molecule has 1 atom stereocenters. The van der Waals surface area contributed by atoms with Gasteiger partial charge in [-0.25, -0.2) is 8.42 Å². The Balaban J connectivity index is 1.99. The molecule has 1 amide bonds. The van der Waals surface area contributed by atoms with E-state index < -0.39 is 15.9 Å². The van der Waals surface area contributed by atoms with E-state index in [1.165, 1.54) is 6.07 Å². The first kappa shape index (κ1) is 22.0. The van der Waals surface area contributed by atoms with Gasteiger partial charge >= 0.3 is 0 Å². The number of amides is 1. The average Bonchev–Trinajstić information content (AvgIpc) is 2.61. The highest BCUT2D eigenvalue weighted by molar-refractivity contribution is 7.92.